The average molecular weight is 296 g/mol. The van der Waals surface area contributed by atoms with Gasteiger partial charge in [-0.3, -0.25) is 0 Å². The van der Waals surface area contributed by atoms with Crippen LogP contribution >= 0.6 is 11.6 Å². The molecule has 1 heterocycles. The van der Waals surface area contributed by atoms with Gasteiger partial charge in [0.05, 0.1) is 0 Å². The van der Waals surface area contributed by atoms with Crippen LogP contribution in [-0.4, -0.2) is 28.2 Å². The summed E-state index contributed by atoms with van der Waals surface area (Å²) in [6.45, 7) is 0.522. The van der Waals surface area contributed by atoms with Crippen molar-refractivity contribution in [2.24, 2.45) is 5.92 Å². The molecule has 1 aromatic carbocycles. The number of benzene rings is 1. The molecule has 0 aliphatic heterocycles. The first-order chi connectivity index (χ1) is 9.69. The summed E-state index contributed by atoms with van der Waals surface area (Å²) in [5.74, 6) is 0.212. The lowest BCUT2D eigenvalue weighted by Gasteiger charge is -2.15. The summed E-state index contributed by atoms with van der Waals surface area (Å²) in [5, 5.41) is 12.8. The van der Waals surface area contributed by atoms with Crippen LogP contribution in [0.2, 0.25) is 5.15 Å². The average Bonchev–Trinajstić information content (AvgIpc) is 2.47. The van der Waals surface area contributed by atoms with E-state index in [1.54, 1.807) is 18.3 Å². The second-order valence-corrected chi connectivity index (χ2v) is 4.81. The van der Waals surface area contributed by atoms with Gasteiger partial charge < -0.3 is 10.4 Å². The normalized spacial score (nSPS) is 12.2. The van der Waals surface area contributed by atoms with Crippen molar-refractivity contribution < 1.29 is 9.50 Å². The quantitative estimate of drug-likeness (QED) is 0.860. The van der Waals surface area contributed by atoms with Gasteiger partial charge >= 0.3 is 0 Å². The summed E-state index contributed by atoms with van der Waals surface area (Å²) >= 11 is 5.89. The number of anilines is 1. The van der Waals surface area contributed by atoms with E-state index in [2.05, 4.69) is 15.3 Å². The van der Waals surface area contributed by atoms with Gasteiger partial charge in [0.1, 0.15) is 5.82 Å². The van der Waals surface area contributed by atoms with E-state index < -0.39 is 0 Å². The number of aromatic nitrogens is 2. The lowest BCUT2D eigenvalue weighted by Crippen LogP contribution is -2.21. The summed E-state index contributed by atoms with van der Waals surface area (Å²) in [5.41, 5.74) is 0.970. The fourth-order valence-electron chi connectivity index (χ4n) is 1.84. The van der Waals surface area contributed by atoms with Crippen molar-refractivity contribution in [1.29, 1.82) is 0 Å². The van der Waals surface area contributed by atoms with Crippen molar-refractivity contribution in [3.05, 3.63) is 53.2 Å². The number of hydrogen-bond donors (Lipinski definition) is 2. The van der Waals surface area contributed by atoms with Crippen LogP contribution in [0.5, 0.6) is 0 Å². The van der Waals surface area contributed by atoms with Crippen molar-refractivity contribution in [3.63, 3.8) is 0 Å². The SMILES string of the molecule is OC[C@H](CNc1nccnc1Cl)Cc1ccc(F)cc1. The van der Waals surface area contributed by atoms with Crippen LogP contribution in [0, 0.1) is 11.7 Å². The van der Waals surface area contributed by atoms with E-state index in [1.807, 2.05) is 0 Å². The molecule has 4 nitrogen and oxygen atoms in total. The second kappa shape index (κ2) is 7.17. The molecule has 0 bridgehead atoms. The number of aliphatic hydroxyl groups excluding tert-OH is 1. The van der Waals surface area contributed by atoms with Gasteiger partial charge in [0.25, 0.3) is 0 Å². The zero-order valence-electron chi connectivity index (χ0n) is 10.8. The van der Waals surface area contributed by atoms with Gasteiger partial charge in [0.2, 0.25) is 0 Å². The molecule has 2 rings (SSSR count). The predicted molar refractivity (Wildman–Crippen MR) is 76.2 cm³/mol. The van der Waals surface area contributed by atoms with Gasteiger partial charge in [-0.15, -0.1) is 0 Å². The molecule has 0 fully saturated rings. The molecule has 0 amide bonds. The molecule has 20 heavy (non-hydrogen) atoms. The number of hydrogen-bond acceptors (Lipinski definition) is 4. The van der Waals surface area contributed by atoms with Crippen molar-refractivity contribution in [2.75, 3.05) is 18.5 Å². The molecule has 0 saturated heterocycles. The first-order valence-corrected chi connectivity index (χ1v) is 6.62. The number of aliphatic hydroxyl groups is 1. The Hall–Kier alpha value is -1.72. The summed E-state index contributed by atoms with van der Waals surface area (Å²) < 4.78 is 12.8. The standard InChI is InChI=1S/C14H15ClFN3O/c15-13-14(18-6-5-17-13)19-8-11(9-20)7-10-1-3-12(16)4-2-10/h1-6,11,20H,7-9H2,(H,18,19)/t11-/m0/s1. The van der Waals surface area contributed by atoms with Gasteiger partial charge in [0, 0.05) is 31.5 Å². The molecule has 106 valence electrons. The summed E-state index contributed by atoms with van der Waals surface area (Å²) in [7, 11) is 0. The topological polar surface area (TPSA) is 58.0 Å². The lowest BCUT2D eigenvalue weighted by atomic mass is 10.00. The third-order valence-corrected chi connectivity index (χ3v) is 3.18. The number of nitrogens with zero attached hydrogens (tertiary/aromatic N) is 2. The summed E-state index contributed by atoms with van der Waals surface area (Å²) in [6, 6.07) is 6.26. The number of rotatable bonds is 6. The van der Waals surface area contributed by atoms with Gasteiger partial charge in [-0.1, -0.05) is 23.7 Å². The molecular weight excluding hydrogens is 281 g/mol. The monoisotopic (exact) mass is 295 g/mol. The van der Waals surface area contributed by atoms with Crippen molar-refractivity contribution >= 4 is 17.4 Å². The second-order valence-electron chi connectivity index (χ2n) is 4.46. The summed E-state index contributed by atoms with van der Waals surface area (Å²) in [4.78, 5) is 7.98. The number of nitrogens with one attached hydrogen (secondary N) is 1. The molecule has 2 N–H and O–H groups in total. The first kappa shape index (κ1) is 14.7. The van der Waals surface area contributed by atoms with Crippen LogP contribution in [0.1, 0.15) is 5.56 Å². The number of halogens is 2. The minimum absolute atomic E-state index is 0.0152. The lowest BCUT2D eigenvalue weighted by molar-refractivity contribution is 0.232. The zero-order chi connectivity index (χ0) is 14.4. The van der Waals surface area contributed by atoms with Crippen LogP contribution in [0.3, 0.4) is 0 Å². The Balaban J connectivity index is 1.92. The smallest absolute Gasteiger partial charge is 0.171 e. The minimum atomic E-state index is -0.265. The van der Waals surface area contributed by atoms with Crippen LogP contribution in [0.4, 0.5) is 10.2 Å². The molecule has 0 aliphatic carbocycles. The molecule has 1 atom stereocenters. The molecule has 0 spiro atoms. The Morgan fingerprint density at radius 2 is 1.90 bits per heavy atom. The maximum atomic E-state index is 12.8. The van der Waals surface area contributed by atoms with Crippen LogP contribution in [0.25, 0.3) is 0 Å². The van der Waals surface area contributed by atoms with Crippen LogP contribution in [0.15, 0.2) is 36.7 Å². The predicted octanol–water partition coefficient (Wildman–Crippen LogP) is 2.53. The third kappa shape index (κ3) is 4.15. The third-order valence-electron chi connectivity index (χ3n) is 2.91. The Morgan fingerprint density at radius 1 is 1.20 bits per heavy atom. The van der Waals surface area contributed by atoms with Crippen molar-refractivity contribution in [3.8, 4) is 0 Å². The van der Waals surface area contributed by atoms with Gasteiger partial charge in [-0.05, 0) is 24.1 Å². The fraction of sp³-hybridized carbons (Fsp3) is 0.286. The van der Waals surface area contributed by atoms with E-state index in [0.717, 1.165) is 5.56 Å². The highest BCUT2D eigenvalue weighted by Gasteiger charge is 2.10. The molecule has 6 heteroatoms. The highest BCUT2D eigenvalue weighted by Crippen LogP contribution is 2.16. The van der Waals surface area contributed by atoms with Gasteiger partial charge in [-0.25, -0.2) is 14.4 Å². The Kier molecular flexibility index (Phi) is 5.26. The molecule has 2 aromatic rings. The fourth-order valence-corrected chi connectivity index (χ4v) is 2.01. The zero-order valence-corrected chi connectivity index (χ0v) is 11.5. The van der Waals surface area contributed by atoms with Crippen molar-refractivity contribution in [2.45, 2.75) is 6.42 Å². The minimum Gasteiger partial charge on any atom is -0.396 e. The maximum absolute atomic E-state index is 12.8. The molecule has 0 unspecified atom stereocenters. The molecule has 0 aliphatic rings. The van der Waals surface area contributed by atoms with E-state index in [4.69, 9.17) is 11.6 Å². The molecular formula is C14H15ClFN3O. The van der Waals surface area contributed by atoms with Crippen LogP contribution < -0.4 is 5.32 Å². The molecule has 1 aromatic heterocycles. The molecule has 0 saturated carbocycles. The first-order valence-electron chi connectivity index (χ1n) is 6.24. The summed E-state index contributed by atoms with van der Waals surface area (Å²) in [6.07, 6.45) is 3.69. The Bertz CT molecular complexity index is 550. The largest absolute Gasteiger partial charge is 0.396 e. The molecule has 0 radical (unpaired) electrons. The Labute approximate surface area is 121 Å². The van der Waals surface area contributed by atoms with Gasteiger partial charge in [0.15, 0.2) is 11.0 Å². The Morgan fingerprint density at radius 3 is 2.55 bits per heavy atom. The highest BCUT2D eigenvalue weighted by molar-refractivity contribution is 6.31. The van der Waals surface area contributed by atoms with E-state index in [9.17, 15) is 9.50 Å². The van der Waals surface area contributed by atoms with E-state index in [0.29, 0.717) is 23.9 Å². The highest BCUT2D eigenvalue weighted by atomic mass is 35.5. The van der Waals surface area contributed by atoms with Crippen molar-refractivity contribution in [1.82, 2.24) is 9.97 Å². The van der Waals surface area contributed by atoms with E-state index in [1.165, 1.54) is 18.3 Å². The van der Waals surface area contributed by atoms with Crippen LogP contribution in [-0.2, 0) is 6.42 Å². The van der Waals surface area contributed by atoms with E-state index in [-0.39, 0.29) is 18.3 Å². The van der Waals surface area contributed by atoms with E-state index >= 15 is 0 Å². The maximum Gasteiger partial charge on any atom is 0.171 e. The van der Waals surface area contributed by atoms with Gasteiger partial charge in [-0.2, -0.15) is 0 Å².